The van der Waals surface area contributed by atoms with Gasteiger partial charge < -0.3 is 15.2 Å². The topological polar surface area (TPSA) is 57.4 Å². The first kappa shape index (κ1) is 13.1. The molecule has 0 amide bonds. The summed E-state index contributed by atoms with van der Waals surface area (Å²) in [4.78, 5) is 4.92. The summed E-state index contributed by atoms with van der Waals surface area (Å²) in [5.41, 5.74) is 6.57. The van der Waals surface area contributed by atoms with E-state index >= 15 is 0 Å². The van der Waals surface area contributed by atoms with Gasteiger partial charge in [-0.1, -0.05) is 17.7 Å². The highest BCUT2D eigenvalue weighted by atomic mass is 35.5. The summed E-state index contributed by atoms with van der Waals surface area (Å²) in [5.74, 6) is 1.35. The third-order valence-corrected chi connectivity index (χ3v) is 3.45. The van der Waals surface area contributed by atoms with Gasteiger partial charge in [0.25, 0.3) is 0 Å². The normalized spacial score (nSPS) is 10.4. The molecule has 4 nitrogen and oxygen atoms in total. The smallest absolute Gasteiger partial charge is 0.183 e. The van der Waals surface area contributed by atoms with Gasteiger partial charge in [-0.25, -0.2) is 4.98 Å². The zero-order chi connectivity index (χ0) is 13.0. The second-order valence-electron chi connectivity index (χ2n) is 3.56. The number of nitrogens with two attached hydrogens (primary N) is 1. The van der Waals surface area contributed by atoms with E-state index in [9.17, 15) is 0 Å². The molecule has 96 valence electrons. The lowest BCUT2D eigenvalue weighted by Gasteiger charge is -2.10. The van der Waals surface area contributed by atoms with Crippen LogP contribution < -0.4 is 15.2 Å². The fourth-order valence-corrected chi connectivity index (χ4v) is 2.35. The van der Waals surface area contributed by atoms with Crippen LogP contribution in [-0.4, -0.2) is 12.1 Å². The van der Waals surface area contributed by atoms with E-state index in [-0.39, 0.29) is 0 Å². The highest BCUT2D eigenvalue weighted by Gasteiger charge is 2.07. The largest absolute Gasteiger partial charge is 0.493 e. The standard InChI is InChI=1S/C12H13ClN2O2S/c1-16-11-4-8(5-14)2-3-10(11)17-7-9-6-15-12(13)18-9/h2-4,6H,5,7,14H2,1H3. The summed E-state index contributed by atoms with van der Waals surface area (Å²) in [6.07, 6.45) is 1.70. The Morgan fingerprint density at radius 3 is 2.83 bits per heavy atom. The lowest BCUT2D eigenvalue weighted by Crippen LogP contribution is -2.00. The minimum absolute atomic E-state index is 0.419. The fraction of sp³-hybridized carbons (Fsp3) is 0.250. The predicted octanol–water partition coefficient (Wildman–Crippen LogP) is 2.84. The van der Waals surface area contributed by atoms with E-state index in [2.05, 4.69) is 4.98 Å². The van der Waals surface area contributed by atoms with Crippen molar-refractivity contribution >= 4 is 22.9 Å². The van der Waals surface area contributed by atoms with Crippen molar-refractivity contribution in [3.63, 3.8) is 0 Å². The van der Waals surface area contributed by atoms with Gasteiger partial charge in [-0.05, 0) is 17.7 Å². The van der Waals surface area contributed by atoms with Gasteiger partial charge in [-0.2, -0.15) is 0 Å². The van der Waals surface area contributed by atoms with E-state index in [1.165, 1.54) is 11.3 Å². The zero-order valence-corrected chi connectivity index (χ0v) is 11.4. The van der Waals surface area contributed by atoms with E-state index in [4.69, 9.17) is 26.8 Å². The molecule has 0 saturated carbocycles. The lowest BCUT2D eigenvalue weighted by atomic mass is 10.2. The summed E-state index contributed by atoms with van der Waals surface area (Å²) in [7, 11) is 1.60. The van der Waals surface area contributed by atoms with Gasteiger partial charge in [-0.15, -0.1) is 11.3 Å². The van der Waals surface area contributed by atoms with Crippen LogP contribution in [0.3, 0.4) is 0 Å². The molecule has 6 heteroatoms. The van der Waals surface area contributed by atoms with Crippen LogP contribution in [-0.2, 0) is 13.2 Å². The summed E-state index contributed by atoms with van der Waals surface area (Å²) < 4.78 is 11.4. The molecule has 2 rings (SSSR count). The van der Waals surface area contributed by atoms with Gasteiger partial charge in [0.1, 0.15) is 6.61 Å². The first-order chi connectivity index (χ1) is 8.72. The molecule has 2 N–H and O–H groups in total. The van der Waals surface area contributed by atoms with Crippen LogP contribution in [0.2, 0.25) is 4.47 Å². The van der Waals surface area contributed by atoms with Crippen LogP contribution in [0, 0.1) is 0 Å². The molecule has 0 unspecified atom stereocenters. The molecule has 0 aliphatic heterocycles. The molecule has 0 spiro atoms. The molecule has 1 aromatic carbocycles. The Bertz CT molecular complexity index is 531. The Morgan fingerprint density at radius 2 is 2.22 bits per heavy atom. The Labute approximate surface area is 114 Å². The van der Waals surface area contributed by atoms with Crippen molar-refractivity contribution in [3.05, 3.63) is 39.3 Å². The number of halogens is 1. The maximum Gasteiger partial charge on any atom is 0.183 e. The first-order valence-electron chi connectivity index (χ1n) is 5.33. The van der Waals surface area contributed by atoms with Crippen LogP contribution in [0.4, 0.5) is 0 Å². The Hall–Kier alpha value is -1.30. The van der Waals surface area contributed by atoms with Crippen molar-refractivity contribution in [2.24, 2.45) is 5.73 Å². The van der Waals surface area contributed by atoms with Gasteiger partial charge in [-0.3, -0.25) is 0 Å². The van der Waals surface area contributed by atoms with Gasteiger partial charge in [0.15, 0.2) is 16.0 Å². The molecule has 1 aromatic heterocycles. The number of rotatable bonds is 5. The van der Waals surface area contributed by atoms with Crippen molar-refractivity contribution in [1.82, 2.24) is 4.98 Å². The average molecular weight is 285 g/mol. The average Bonchev–Trinajstić information content (AvgIpc) is 2.82. The monoisotopic (exact) mass is 284 g/mol. The summed E-state index contributed by atoms with van der Waals surface area (Å²) in [5, 5.41) is 0. The SMILES string of the molecule is COc1cc(CN)ccc1OCc1cnc(Cl)s1. The molecule has 0 saturated heterocycles. The summed E-state index contributed by atoms with van der Waals surface area (Å²) in [6, 6.07) is 5.64. The van der Waals surface area contributed by atoms with Crippen LogP contribution in [0.5, 0.6) is 11.5 Å². The van der Waals surface area contributed by atoms with E-state index in [0.717, 1.165) is 10.4 Å². The third-order valence-electron chi connectivity index (χ3n) is 2.36. The van der Waals surface area contributed by atoms with Gasteiger partial charge in [0.2, 0.25) is 0 Å². The lowest BCUT2D eigenvalue weighted by molar-refractivity contribution is 0.287. The summed E-state index contributed by atoms with van der Waals surface area (Å²) in [6.45, 7) is 0.893. The molecular weight excluding hydrogens is 272 g/mol. The molecular formula is C12H13ClN2O2S. The quantitative estimate of drug-likeness (QED) is 0.917. The Balaban J connectivity index is 2.08. The maximum absolute atomic E-state index is 5.75. The number of aromatic nitrogens is 1. The van der Waals surface area contributed by atoms with Gasteiger partial charge in [0, 0.05) is 12.7 Å². The van der Waals surface area contributed by atoms with Crippen LogP contribution in [0.25, 0.3) is 0 Å². The van der Waals surface area contributed by atoms with Crippen molar-refractivity contribution in [2.45, 2.75) is 13.2 Å². The molecule has 0 radical (unpaired) electrons. The van der Waals surface area contributed by atoms with E-state index < -0.39 is 0 Å². The number of methoxy groups -OCH3 is 1. The van der Waals surface area contributed by atoms with Crippen LogP contribution in [0.1, 0.15) is 10.4 Å². The number of hydrogen-bond acceptors (Lipinski definition) is 5. The Kier molecular flexibility index (Phi) is 4.41. The number of nitrogens with zero attached hydrogens (tertiary/aromatic N) is 1. The molecule has 18 heavy (non-hydrogen) atoms. The molecule has 0 fully saturated rings. The van der Waals surface area contributed by atoms with Crippen molar-refractivity contribution in [3.8, 4) is 11.5 Å². The second kappa shape index (κ2) is 6.04. The minimum atomic E-state index is 0.419. The molecule has 0 atom stereocenters. The molecule has 0 aliphatic rings. The van der Waals surface area contributed by atoms with Gasteiger partial charge >= 0.3 is 0 Å². The zero-order valence-electron chi connectivity index (χ0n) is 9.85. The molecule has 0 aliphatic carbocycles. The molecule has 2 aromatic rings. The van der Waals surface area contributed by atoms with Crippen LogP contribution in [0.15, 0.2) is 24.4 Å². The third kappa shape index (κ3) is 3.13. The van der Waals surface area contributed by atoms with Gasteiger partial charge in [0.05, 0.1) is 12.0 Å². The number of thiazole rings is 1. The van der Waals surface area contributed by atoms with Crippen molar-refractivity contribution in [1.29, 1.82) is 0 Å². The fourth-order valence-electron chi connectivity index (χ4n) is 1.46. The first-order valence-corrected chi connectivity index (χ1v) is 6.52. The van der Waals surface area contributed by atoms with Crippen molar-refractivity contribution in [2.75, 3.05) is 7.11 Å². The molecule has 1 heterocycles. The Morgan fingerprint density at radius 1 is 1.39 bits per heavy atom. The minimum Gasteiger partial charge on any atom is -0.493 e. The summed E-state index contributed by atoms with van der Waals surface area (Å²) >= 11 is 7.15. The highest BCUT2D eigenvalue weighted by molar-refractivity contribution is 7.15. The predicted molar refractivity (Wildman–Crippen MR) is 72.3 cm³/mol. The van der Waals surface area contributed by atoms with E-state index in [0.29, 0.717) is 29.1 Å². The van der Waals surface area contributed by atoms with E-state index in [1.807, 2.05) is 18.2 Å². The number of benzene rings is 1. The highest BCUT2D eigenvalue weighted by Crippen LogP contribution is 2.29. The maximum atomic E-state index is 5.75. The second-order valence-corrected chi connectivity index (χ2v) is 5.25. The van der Waals surface area contributed by atoms with E-state index in [1.54, 1.807) is 13.3 Å². The number of ether oxygens (including phenoxy) is 2. The molecule has 0 bridgehead atoms. The number of hydrogen-bond donors (Lipinski definition) is 1. The van der Waals surface area contributed by atoms with Crippen molar-refractivity contribution < 1.29 is 9.47 Å². The van der Waals surface area contributed by atoms with Crippen LogP contribution >= 0.6 is 22.9 Å².